The van der Waals surface area contributed by atoms with Crippen molar-refractivity contribution in [3.63, 3.8) is 0 Å². The van der Waals surface area contributed by atoms with Crippen LogP contribution in [0.3, 0.4) is 0 Å². The van der Waals surface area contributed by atoms with Gasteiger partial charge in [0.15, 0.2) is 0 Å². The highest BCUT2D eigenvalue weighted by atomic mass is 32.1. The minimum absolute atomic E-state index is 0.0591. The number of carbonyl (C=O) groups excluding carboxylic acids is 3. The fourth-order valence-corrected chi connectivity index (χ4v) is 2.43. The highest BCUT2D eigenvalue weighted by Gasteiger charge is 2.14. The molecule has 0 saturated carbocycles. The maximum absolute atomic E-state index is 11.7. The number of benzene rings is 2. The molecule has 0 heterocycles. The summed E-state index contributed by atoms with van der Waals surface area (Å²) in [4.78, 5) is 33.7. The first-order valence-corrected chi connectivity index (χ1v) is 9.99. The summed E-state index contributed by atoms with van der Waals surface area (Å²) >= 11 is 4.86. The molecular formula is C22H25N5O4S. The molecule has 0 unspecified atom stereocenters. The largest absolute Gasteiger partial charge is 0.762 e. The number of rotatable bonds is 7. The zero-order chi connectivity index (χ0) is 23.8. The number of quaternary nitrogens is 1. The second-order valence-electron chi connectivity index (χ2n) is 6.13. The summed E-state index contributed by atoms with van der Waals surface area (Å²) in [5.74, 6) is 3.70. The molecule has 2 amide bonds. The van der Waals surface area contributed by atoms with Gasteiger partial charge < -0.3 is 10.1 Å². The molecule has 9 nitrogen and oxygen atoms in total. The van der Waals surface area contributed by atoms with E-state index in [1.807, 2.05) is 60.7 Å². The summed E-state index contributed by atoms with van der Waals surface area (Å²) in [6, 6.07) is 18.7. The van der Waals surface area contributed by atoms with E-state index in [1.165, 1.54) is 0 Å². The Hall–Kier alpha value is -3.85. The molecule has 0 aliphatic rings. The second-order valence-corrected chi connectivity index (χ2v) is 6.54. The average molecular weight is 456 g/mol. The maximum Gasteiger partial charge on any atom is 0.347 e. The van der Waals surface area contributed by atoms with Gasteiger partial charge in [0.05, 0.1) is 19.4 Å². The number of nitrogens with one attached hydrogen (secondary N) is 3. The number of nitrogens with zero attached hydrogens (tertiary/aromatic N) is 1. The molecule has 0 aliphatic carbocycles. The van der Waals surface area contributed by atoms with Crippen LogP contribution in [0.1, 0.15) is 18.1 Å². The van der Waals surface area contributed by atoms with Crippen molar-refractivity contribution in [2.24, 2.45) is 0 Å². The van der Waals surface area contributed by atoms with Crippen LogP contribution in [0.5, 0.6) is 0 Å². The number of carbonyl (C=O) groups is 3. The molecule has 0 aliphatic heterocycles. The first kappa shape index (κ1) is 26.2. The summed E-state index contributed by atoms with van der Waals surface area (Å²) in [6.07, 6.45) is 0.558. The van der Waals surface area contributed by atoms with E-state index in [2.05, 4.69) is 26.9 Å². The van der Waals surface area contributed by atoms with E-state index in [0.717, 1.165) is 11.1 Å². The lowest BCUT2D eigenvalue weighted by Crippen LogP contribution is -2.67. The molecule has 10 heteroatoms. The molecule has 0 bridgehead atoms. The fourth-order valence-electron chi connectivity index (χ4n) is 2.25. The molecule has 6 N–H and O–H groups in total. The van der Waals surface area contributed by atoms with Crippen LogP contribution in [0.15, 0.2) is 66.2 Å². The summed E-state index contributed by atoms with van der Waals surface area (Å²) in [6.45, 7) is 1.75. The van der Waals surface area contributed by atoms with Crippen molar-refractivity contribution in [3.8, 4) is 0 Å². The van der Waals surface area contributed by atoms with Crippen LogP contribution in [0.2, 0.25) is 0 Å². The topological polar surface area (TPSA) is 146 Å². The monoisotopic (exact) mass is 455 g/mol. The van der Waals surface area contributed by atoms with E-state index >= 15 is 0 Å². The van der Waals surface area contributed by atoms with Gasteiger partial charge in [-0.3, -0.25) is 32.2 Å². The van der Waals surface area contributed by atoms with E-state index in [4.69, 9.17) is 17.6 Å². The molecule has 0 fully saturated rings. The average Bonchev–Trinajstić information content (AvgIpc) is 2.80. The highest BCUT2D eigenvalue weighted by Crippen LogP contribution is 2.00. The Balaban J connectivity index is 0.000000389. The van der Waals surface area contributed by atoms with Crippen LogP contribution in [0, 0.1) is 0 Å². The van der Waals surface area contributed by atoms with Crippen LogP contribution >= 0.6 is 12.2 Å². The Morgan fingerprint density at radius 2 is 1.44 bits per heavy atom. The van der Waals surface area contributed by atoms with Gasteiger partial charge in [0, 0.05) is 0 Å². The summed E-state index contributed by atoms with van der Waals surface area (Å²) in [5.41, 5.74) is 8.51. The van der Waals surface area contributed by atoms with Crippen molar-refractivity contribution < 1.29 is 25.0 Å². The third kappa shape index (κ3) is 10.3. The van der Waals surface area contributed by atoms with Gasteiger partial charge in [-0.2, -0.15) is 0 Å². The van der Waals surface area contributed by atoms with Crippen LogP contribution in [0.25, 0.3) is 5.41 Å². The maximum atomic E-state index is 11.7. The van der Waals surface area contributed by atoms with E-state index in [0.29, 0.717) is 6.42 Å². The first-order valence-electron chi connectivity index (χ1n) is 9.58. The molecule has 0 radical (unpaired) electrons. The van der Waals surface area contributed by atoms with E-state index in [9.17, 15) is 14.4 Å². The number of ether oxygens (including phenoxy) is 1. The van der Waals surface area contributed by atoms with Crippen molar-refractivity contribution >= 4 is 40.9 Å². The molecule has 2 aromatic carbocycles. The van der Waals surface area contributed by atoms with Crippen LogP contribution in [-0.4, -0.2) is 35.2 Å². The Bertz CT molecular complexity index is 961. The van der Waals surface area contributed by atoms with Crippen molar-refractivity contribution in [2.45, 2.75) is 19.8 Å². The Morgan fingerprint density at radius 3 is 1.88 bits per heavy atom. The lowest BCUT2D eigenvalue weighted by Gasteiger charge is -2.11. The highest BCUT2D eigenvalue weighted by molar-refractivity contribution is 7.80. The van der Waals surface area contributed by atoms with Gasteiger partial charge in [0.2, 0.25) is 5.91 Å². The van der Waals surface area contributed by atoms with Crippen molar-refractivity contribution in [1.29, 1.82) is 0 Å². The van der Waals surface area contributed by atoms with Gasteiger partial charge >= 0.3 is 5.97 Å². The van der Waals surface area contributed by atoms with E-state index in [1.54, 1.807) is 12.8 Å². The van der Waals surface area contributed by atoms with Gasteiger partial charge in [0.1, 0.15) is 10.6 Å². The lowest BCUT2D eigenvalue weighted by molar-refractivity contribution is -0.427. The fraction of sp³-hybridized carbons (Fsp3) is 0.182. The molecule has 0 saturated heterocycles. The summed E-state index contributed by atoms with van der Waals surface area (Å²) in [5, 5.41) is 8.87. The van der Waals surface area contributed by atoms with Crippen molar-refractivity contribution in [3.05, 3.63) is 82.8 Å². The minimum Gasteiger partial charge on any atom is -0.762 e. The SMILES string of the molecule is CCOC(=O)C(=C=[N-])C(=S)NNC(=O)Cc1ccccc1.[NH3+]NC(=O)Cc1ccccc1. The van der Waals surface area contributed by atoms with E-state index < -0.39 is 5.97 Å². The molecule has 0 spiro atoms. The molecule has 0 atom stereocenters. The minimum atomic E-state index is -0.824. The van der Waals surface area contributed by atoms with E-state index in [-0.39, 0.29) is 35.4 Å². The Labute approximate surface area is 191 Å². The Kier molecular flexibility index (Phi) is 12.3. The molecule has 32 heavy (non-hydrogen) atoms. The van der Waals surface area contributed by atoms with Gasteiger partial charge in [-0.15, -0.1) is 0 Å². The number of hydrazine groups is 1. The molecule has 2 rings (SSSR count). The third-order valence-corrected chi connectivity index (χ3v) is 4.05. The Morgan fingerprint density at radius 1 is 0.938 bits per heavy atom. The van der Waals surface area contributed by atoms with Crippen LogP contribution in [0.4, 0.5) is 0 Å². The van der Waals surface area contributed by atoms with Gasteiger partial charge in [-0.25, -0.2) is 10.2 Å². The third-order valence-electron chi connectivity index (χ3n) is 3.75. The molecular weight excluding hydrogens is 430 g/mol. The standard InChI is InChI=1S/C14H14N3O3S.C8H10N2O/c1-2-20-14(19)11(9-15)13(21)17-16-12(18)8-10-6-4-3-5-7-10;9-10-8(11)6-7-4-2-1-3-5-7/h3-7H,2,8H2,1H3,(H,16,18)(H,17,21);1-5H,6,9H2,(H,10,11)/q-1;/p+1. The first-order chi connectivity index (χ1) is 15.4. The normalized spacial score (nSPS) is 9.19. The van der Waals surface area contributed by atoms with Gasteiger partial charge in [-0.05, 0) is 18.1 Å². The quantitative estimate of drug-likeness (QED) is 0.156. The van der Waals surface area contributed by atoms with Crippen LogP contribution in [-0.2, 0) is 32.0 Å². The predicted molar refractivity (Wildman–Crippen MR) is 124 cm³/mol. The van der Waals surface area contributed by atoms with Crippen molar-refractivity contribution in [2.75, 3.05) is 6.61 Å². The molecule has 2 aromatic rings. The summed E-state index contributed by atoms with van der Waals surface area (Å²) < 4.78 is 4.68. The lowest BCUT2D eigenvalue weighted by atomic mass is 10.1. The zero-order valence-corrected chi connectivity index (χ0v) is 18.4. The number of amides is 2. The van der Waals surface area contributed by atoms with Gasteiger partial charge in [0.25, 0.3) is 5.91 Å². The number of thiocarbonyl (C=S) groups is 1. The smallest absolute Gasteiger partial charge is 0.347 e. The number of esters is 1. The van der Waals surface area contributed by atoms with Crippen LogP contribution < -0.4 is 22.1 Å². The molecule has 168 valence electrons. The van der Waals surface area contributed by atoms with Crippen molar-refractivity contribution in [1.82, 2.24) is 16.3 Å². The predicted octanol–water partition coefficient (Wildman–Crippen LogP) is 0.408. The summed E-state index contributed by atoms with van der Waals surface area (Å²) in [7, 11) is 0. The molecule has 0 aromatic heterocycles. The second kappa shape index (κ2) is 15.0. The zero-order valence-electron chi connectivity index (χ0n) is 17.6. The van der Waals surface area contributed by atoms with Gasteiger partial charge in [-0.1, -0.05) is 72.9 Å². The number of hydrogen-bond donors (Lipinski definition) is 4. The number of hydrogen-bond acceptors (Lipinski definition) is 5.